The second-order valence-electron chi connectivity index (χ2n) is 8.54. The lowest BCUT2D eigenvalue weighted by Gasteiger charge is -2.10. The van der Waals surface area contributed by atoms with Crippen LogP contribution in [0.4, 0.5) is 0 Å². The van der Waals surface area contributed by atoms with Gasteiger partial charge in [-0.05, 0) is 35.0 Å². The number of hydrogen-bond donors (Lipinski definition) is 0. The van der Waals surface area contributed by atoms with Gasteiger partial charge in [0.2, 0.25) is 0 Å². The molecule has 0 bridgehead atoms. The fourth-order valence-electron chi connectivity index (χ4n) is 4.52. The van der Waals surface area contributed by atoms with E-state index in [1.807, 2.05) is 18.2 Å². The van der Waals surface area contributed by atoms with E-state index in [4.69, 9.17) is 15.0 Å². The molecule has 2 heterocycles. The molecular formula is C31H19N3S. The van der Waals surface area contributed by atoms with Gasteiger partial charge in [0.05, 0.1) is 21.4 Å². The van der Waals surface area contributed by atoms with E-state index in [-0.39, 0.29) is 0 Å². The number of aromatic nitrogens is 3. The van der Waals surface area contributed by atoms with Crippen molar-refractivity contribution in [3.63, 3.8) is 0 Å². The Morgan fingerprint density at radius 3 is 2.03 bits per heavy atom. The molecule has 4 heteroatoms. The Labute approximate surface area is 206 Å². The summed E-state index contributed by atoms with van der Waals surface area (Å²) >= 11 is 1.72. The lowest BCUT2D eigenvalue weighted by molar-refractivity contribution is 1.23. The minimum Gasteiger partial charge on any atom is -0.236 e. The van der Waals surface area contributed by atoms with E-state index in [2.05, 4.69) is 97.1 Å². The summed E-state index contributed by atoms with van der Waals surface area (Å²) < 4.78 is 1.20. The van der Waals surface area contributed by atoms with E-state index in [1.54, 1.807) is 11.3 Å². The monoisotopic (exact) mass is 465 g/mol. The molecule has 0 N–H and O–H groups in total. The molecule has 5 aromatic carbocycles. The molecule has 0 saturated carbocycles. The molecule has 0 amide bonds. The van der Waals surface area contributed by atoms with Gasteiger partial charge in [0, 0.05) is 22.1 Å². The summed E-state index contributed by atoms with van der Waals surface area (Å²) in [6, 6.07) is 39.8. The number of para-hydroxylation sites is 2. The highest BCUT2D eigenvalue weighted by atomic mass is 32.1. The Morgan fingerprint density at radius 2 is 1.17 bits per heavy atom. The summed E-state index contributed by atoms with van der Waals surface area (Å²) in [4.78, 5) is 14.8. The third kappa shape index (κ3) is 3.56. The van der Waals surface area contributed by atoms with Crippen molar-refractivity contribution in [3.8, 4) is 33.2 Å². The quantitative estimate of drug-likeness (QED) is 0.263. The molecule has 0 aliphatic heterocycles. The van der Waals surface area contributed by atoms with Crippen LogP contribution in [0.15, 0.2) is 115 Å². The summed E-state index contributed by atoms with van der Waals surface area (Å²) in [6.45, 7) is 0. The van der Waals surface area contributed by atoms with Crippen LogP contribution >= 0.6 is 11.3 Å². The van der Waals surface area contributed by atoms with Crippen molar-refractivity contribution < 1.29 is 0 Å². The van der Waals surface area contributed by atoms with Crippen molar-refractivity contribution in [2.45, 2.75) is 0 Å². The fraction of sp³-hybridized carbons (Fsp3) is 0. The topological polar surface area (TPSA) is 38.7 Å². The largest absolute Gasteiger partial charge is 0.236 e. The third-order valence-electron chi connectivity index (χ3n) is 6.31. The highest BCUT2D eigenvalue weighted by Crippen LogP contribution is 2.34. The number of fused-ring (bicyclic) bond motifs is 3. The molecule has 7 aromatic rings. The zero-order valence-corrected chi connectivity index (χ0v) is 19.5. The van der Waals surface area contributed by atoms with Crippen LogP contribution in [-0.2, 0) is 0 Å². The van der Waals surface area contributed by atoms with Crippen molar-refractivity contribution in [3.05, 3.63) is 115 Å². The van der Waals surface area contributed by atoms with Crippen molar-refractivity contribution in [2.75, 3.05) is 0 Å². The van der Waals surface area contributed by atoms with Crippen molar-refractivity contribution in [2.24, 2.45) is 0 Å². The van der Waals surface area contributed by atoms with Crippen LogP contribution in [0.1, 0.15) is 0 Å². The Bertz CT molecular complexity index is 1820. The zero-order valence-electron chi connectivity index (χ0n) is 18.7. The van der Waals surface area contributed by atoms with E-state index < -0.39 is 0 Å². The molecule has 0 aliphatic carbocycles. The zero-order chi connectivity index (χ0) is 23.2. The Morgan fingerprint density at radius 1 is 0.486 bits per heavy atom. The molecule has 0 unspecified atom stereocenters. The minimum absolute atomic E-state index is 0.736. The molecule has 0 radical (unpaired) electrons. The molecule has 0 spiro atoms. The first-order valence-electron chi connectivity index (χ1n) is 11.5. The Balaban J connectivity index is 1.35. The van der Waals surface area contributed by atoms with Gasteiger partial charge >= 0.3 is 0 Å². The average Bonchev–Trinajstić information content (AvgIpc) is 3.37. The molecule has 0 atom stereocenters. The van der Waals surface area contributed by atoms with Crippen LogP contribution in [-0.4, -0.2) is 15.0 Å². The third-order valence-corrected chi connectivity index (χ3v) is 7.40. The maximum Gasteiger partial charge on any atom is 0.160 e. The van der Waals surface area contributed by atoms with E-state index in [9.17, 15) is 0 Å². The number of rotatable bonds is 3. The van der Waals surface area contributed by atoms with Gasteiger partial charge < -0.3 is 0 Å². The van der Waals surface area contributed by atoms with Gasteiger partial charge in [0.1, 0.15) is 5.01 Å². The Hall–Kier alpha value is -4.41. The van der Waals surface area contributed by atoms with Crippen LogP contribution in [0.3, 0.4) is 0 Å². The molecule has 2 aromatic heterocycles. The first-order chi connectivity index (χ1) is 17.3. The molecule has 0 aliphatic rings. The van der Waals surface area contributed by atoms with Crippen LogP contribution in [0.5, 0.6) is 0 Å². The lowest BCUT2D eigenvalue weighted by Crippen LogP contribution is -1.95. The lowest BCUT2D eigenvalue weighted by atomic mass is 10.0. The van der Waals surface area contributed by atoms with Gasteiger partial charge in [-0.2, -0.15) is 0 Å². The maximum atomic E-state index is 5.06. The average molecular weight is 466 g/mol. The predicted octanol–water partition coefficient (Wildman–Crippen LogP) is 8.39. The van der Waals surface area contributed by atoms with Gasteiger partial charge in [-0.25, -0.2) is 15.0 Å². The van der Waals surface area contributed by atoms with Crippen LogP contribution < -0.4 is 0 Å². The highest BCUT2D eigenvalue weighted by Gasteiger charge is 2.13. The second-order valence-corrected chi connectivity index (χ2v) is 9.57. The van der Waals surface area contributed by atoms with Gasteiger partial charge in [0.25, 0.3) is 0 Å². The SMILES string of the molecule is c1ccc2cc(-c3nc(-c4ccc(-c5nc6ccccc6s5)cc4)c4ccccc4n3)ccc2c1. The summed E-state index contributed by atoms with van der Waals surface area (Å²) in [7, 11) is 0. The number of thiazole rings is 1. The van der Waals surface area contributed by atoms with Crippen LogP contribution in [0, 0.1) is 0 Å². The molecule has 0 fully saturated rings. The van der Waals surface area contributed by atoms with Gasteiger partial charge in [-0.15, -0.1) is 11.3 Å². The predicted molar refractivity (Wildman–Crippen MR) is 147 cm³/mol. The smallest absolute Gasteiger partial charge is 0.160 e. The van der Waals surface area contributed by atoms with Gasteiger partial charge in [-0.1, -0.05) is 91.0 Å². The Kier molecular flexibility index (Phi) is 4.64. The number of benzene rings is 5. The fourth-order valence-corrected chi connectivity index (χ4v) is 5.49. The summed E-state index contributed by atoms with van der Waals surface area (Å²) in [6.07, 6.45) is 0. The summed E-state index contributed by atoms with van der Waals surface area (Å²) in [5.74, 6) is 0.736. The maximum absolute atomic E-state index is 5.06. The molecule has 0 saturated heterocycles. The summed E-state index contributed by atoms with van der Waals surface area (Å²) in [5, 5.41) is 4.47. The first-order valence-corrected chi connectivity index (χ1v) is 12.4. The summed E-state index contributed by atoms with van der Waals surface area (Å²) in [5.41, 5.74) is 6.12. The second kappa shape index (κ2) is 8.12. The van der Waals surface area contributed by atoms with E-state index in [1.165, 1.54) is 15.5 Å². The first kappa shape index (κ1) is 20.0. The van der Waals surface area contributed by atoms with Gasteiger partial charge in [-0.3, -0.25) is 0 Å². The highest BCUT2D eigenvalue weighted by molar-refractivity contribution is 7.21. The molecule has 164 valence electrons. The van der Waals surface area contributed by atoms with E-state index in [0.29, 0.717) is 0 Å². The van der Waals surface area contributed by atoms with Gasteiger partial charge in [0.15, 0.2) is 5.82 Å². The van der Waals surface area contributed by atoms with Crippen molar-refractivity contribution in [1.29, 1.82) is 0 Å². The molecular weight excluding hydrogens is 446 g/mol. The van der Waals surface area contributed by atoms with Crippen LogP contribution in [0.25, 0.3) is 65.1 Å². The number of hydrogen-bond acceptors (Lipinski definition) is 4. The van der Waals surface area contributed by atoms with Crippen molar-refractivity contribution in [1.82, 2.24) is 15.0 Å². The van der Waals surface area contributed by atoms with E-state index >= 15 is 0 Å². The van der Waals surface area contributed by atoms with E-state index in [0.717, 1.165) is 49.6 Å². The van der Waals surface area contributed by atoms with Crippen LogP contribution in [0.2, 0.25) is 0 Å². The number of nitrogens with zero attached hydrogens (tertiary/aromatic N) is 3. The normalized spacial score (nSPS) is 11.4. The molecule has 3 nitrogen and oxygen atoms in total. The minimum atomic E-state index is 0.736. The molecule has 7 rings (SSSR count). The van der Waals surface area contributed by atoms with Crippen molar-refractivity contribution >= 4 is 43.2 Å². The molecule has 35 heavy (non-hydrogen) atoms. The standard InChI is InChI=1S/C31H19N3S/c1-2-8-23-19-24(18-13-20(23)7-1)30-32-26-10-4-3-9-25(26)29(34-30)21-14-16-22(17-15-21)31-33-27-11-5-6-12-28(27)35-31/h1-19H.